The highest BCUT2D eigenvalue weighted by Crippen LogP contribution is 2.42. The molecule has 2 heteroatoms. The molecule has 0 bridgehead atoms. The zero-order chi connectivity index (χ0) is 33.0. The van der Waals surface area contributed by atoms with Crippen molar-refractivity contribution in [3.05, 3.63) is 188 Å². The molecule has 1 aromatic heterocycles. The second kappa shape index (κ2) is 11.5. The number of hydrogen-bond acceptors (Lipinski definition) is 2. The number of furan rings is 1. The van der Waals surface area contributed by atoms with Gasteiger partial charge in [-0.3, -0.25) is 0 Å². The number of rotatable bonds is 5. The summed E-state index contributed by atoms with van der Waals surface area (Å²) in [7, 11) is 0. The Labute approximate surface area is 290 Å². The smallest absolute Gasteiger partial charge is 0.136 e. The van der Waals surface area contributed by atoms with Crippen LogP contribution in [0.15, 0.2) is 192 Å². The summed E-state index contributed by atoms with van der Waals surface area (Å²) in [4.78, 5) is 2.33. The largest absolute Gasteiger partial charge is 0.456 e. The normalized spacial score (nSPS) is 11.6. The first-order valence-corrected chi connectivity index (χ1v) is 17.1. The van der Waals surface area contributed by atoms with Crippen LogP contribution in [0.5, 0.6) is 0 Å². The van der Waals surface area contributed by atoms with Gasteiger partial charge < -0.3 is 9.32 Å². The minimum absolute atomic E-state index is 0.877. The Balaban J connectivity index is 1.11. The van der Waals surface area contributed by atoms with Crippen LogP contribution < -0.4 is 4.90 Å². The van der Waals surface area contributed by atoms with Crippen LogP contribution in [0.2, 0.25) is 0 Å². The van der Waals surface area contributed by atoms with Gasteiger partial charge in [-0.05, 0) is 109 Å². The van der Waals surface area contributed by atoms with Crippen molar-refractivity contribution in [2.75, 3.05) is 4.90 Å². The minimum Gasteiger partial charge on any atom is -0.456 e. The van der Waals surface area contributed by atoms with E-state index in [1.807, 2.05) is 0 Å². The number of para-hydroxylation sites is 1. The van der Waals surface area contributed by atoms with Crippen molar-refractivity contribution in [2.45, 2.75) is 0 Å². The van der Waals surface area contributed by atoms with Crippen molar-refractivity contribution in [1.82, 2.24) is 0 Å². The van der Waals surface area contributed by atoms with Gasteiger partial charge in [0.15, 0.2) is 0 Å². The predicted molar refractivity (Wildman–Crippen MR) is 212 cm³/mol. The van der Waals surface area contributed by atoms with Crippen molar-refractivity contribution >= 4 is 71.3 Å². The van der Waals surface area contributed by atoms with E-state index < -0.39 is 0 Å². The van der Waals surface area contributed by atoms with Gasteiger partial charge in [0.25, 0.3) is 0 Å². The second-order valence-electron chi connectivity index (χ2n) is 12.9. The third kappa shape index (κ3) is 4.65. The molecule has 10 aromatic rings. The molecule has 0 amide bonds. The number of nitrogens with zero attached hydrogens (tertiary/aromatic N) is 1. The van der Waals surface area contributed by atoms with Gasteiger partial charge in [-0.25, -0.2) is 0 Å². The quantitative estimate of drug-likeness (QED) is 0.175. The molecule has 234 valence electrons. The fourth-order valence-corrected chi connectivity index (χ4v) is 7.67. The summed E-state index contributed by atoms with van der Waals surface area (Å²) in [5, 5.41) is 9.77. The van der Waals surface area contributed by atoms with Gasteiger partial charge in [-0.1, -0.05) is 133 Å². The number of fused-ring (bicyclic) bond motifs is 7. The molecule has 0 fully saturated rings. The summed E-state index contributed by atoms with van der Waals surface area (Å²) in [6.07, 6.45) is 0. The molecule has 0 aliphatic rings. The molecule has 50 heavy (non-hydrogen) atoms. The molecule has 0 N–H and O–H groups in total. The zero-order valence-corrected chi connectivity index (χ0v) is 27.3. The first kappa shape index (κ1) is 28.4. The van der Waals surface area contributed by atoms with Crippen LogP contribution in [0.25, 0.3) is 76.5 Å². The van der Waals surface area contributed by atoms with E-state index in [9.17, 15) is 0 Å². The second-order valence-corrected chi connectivity index (χ2v) is 12.9. The lowest BCUT2D eigenvalue weighted by Crippen LogP contribution is -2.09. The van der Waals surface area contributed by atoms with Gasteiger partial charge in [0.1, 0.15) is 11.2 Å². The van der Waals surface area contributed by atoms with Gasteiger partial charge in [-0.15, -0.1) is 0 Å². The summed E-state index contributed by atoms with van der Waals surface area (Å²) < 4.78 is 6.49. The van der Waals surface area contributed by atoms with Crippen LogP contribution in [0.1, 0.15) is 0 Å². The molecule has 0 aliphatic heterocycles. The average molecular weight is 638 g/mol. The Bertz CT molecular complexity index is 2860. The standard InChI is InChI=1S/C48H31NO/c1-2-13-37(14-3-1)49(38-25-22-34(23-26-38)42-17-8-12-32-10-4-6-15-40(32)42)39-27-29-46-45(31-39)48-44(18-9-19-47(48)50-46)36-24-28-43-35(30-36)21-20-33-11-5-7-16-41(33)43/h1-31H. The van der Waals surface area contributed by atoms with E-state index in [4.69, 9.17) is 4.42 Å². The van der Waals surface area contributed by atoms with E-state index in [-0.39, 0.29) is 0 Å². The molecule has 2 nitrogen and oxygen atoms in total. The fraction of sp³-hybridized carbons (Fsp3) is 0. The van der Waals surface area contributed by atoms with Crippen molar-refractivity contribution in [1.29, 1.82) is 0 Å². The van der Waals surface area contributed by atoms with Crippen molar-refractivity contribution in [3.63, 3.8) is 0 Å². The molecule has 0 aliphatic carbocycles. The first-order chi connectivity index (χ1) is 24.8. The van der Waals surface area contributed by atoms with Crippen LogP contribution >= 0.6 is 0 Å². The summed E-state index contributed by atoms with van der Waals surface area (Å²) in [6.45, 7) is 0. The van der Waals surface area contributed by atoms with Crippen molar-refractivity contribution in [2.24, 2.45) is 0 Å². The molecule has 0 saturated heterocycles. The van der Waals surface area contributed by atoms with Crippen LogP contribution in [0.4, 0.5) is 17.1 Å². The van der Waals surface area contributed by atoms with Gasteiger partial charge in [0, 0.05) is 27.8 Å². The minimum atomic E-state index is 0.877. The highest BCUT2D eigenvalue weighted by molar-refractivity contribution is 6.15. The number of benzene rings is 9. The topological polar surface area (TPSA) is 16.4 Å². The van der Waals surface area contributed by atoms with Gasteiger partial charge in [0.05, 0.1) is 0 Å². The van der Waals surface area contributed by atoms with Gasteiger partial charge >= 0.3 is 0 Å². The Morgan fingerprint density at radius 1 is 0.320 bits per heavy atom. The molecule has 0 spiro atoms. The SMILES string of the molecule is c1ccc(N(c2ccc(-c3cccc4ccccc34)cc2)c2ccc3oc4cccc(-c5ccc6c(ccc7ccccc76)c5)c4c3c2)cc1. The molecule has 0 unspecified atom stereocenters. The van der Waals surface area contributed by atoms with E-state index >= 15 is 0 Å². The maximum absolute atomic E-state index is 6.49. The van der Waals surface area contributed by atoms with Crippen molar-refractivity contribution in [3.8, 4) is 22.3 Å². The number of anilines is 3. The zero-order valence-electron chi connectivity index (χ0n) is 27.3. The molecule has 0 saturated carbocycles. The molecule has 0 radical (unpaired) electrons. The van der Waals surface area contributed by atoms with E-state index in [0.29, 0.717) is 0 Å². The maximum atomic E-state index is 6.49. The lowest BCUT2D eigenvalue weighted by atomic mass is 9.95. The van der Waals surface area contributed by atoms with Gasteiger partial charge in [-0.2, -0.15) is 0 Å². The highest BCUT2D eigenvalue weighted by atomic mass is 16.3. The fourth-order valence-electron chi connectivity index (χ4n) is 7.67. The summed E-state index contributed by atoms with van der Waals surface area (Å²) in [5.74, 6) is 0. The Kier molecular flexibility index (Phi) is 6.53. The Hall–Kier alpha value is -6.64. The van der Waals surface area contributed by atoms with Crippen LogP contribution in [0.3, 0.4) is 0 Å². The number of hydrogen-bond donors (Lipinski definition) is 0. The van der Waals surface area contributed by atoms with Crippen LogP contribution in [-0.4, -0.2) is 0 Å². The molecular formula is C48H31NO. The summed E-state index contributed by atoms with van der Waals surface area (Å²) >= 11 is 0. The molecule has 10 rings (SSSR count). The van der Waals surface area contributed by atoms with E-state index in [0.717, 1.165) is 39.0 Å². The lowest BCUT2D eigenvalue weighted by molar-refractivity contribution is 0.669. The first-order valence-electron chi connectivity index (χ1n) is 17.1. The lowest BCUT2D eigenvalue weighted by Gasteiger charge is -2.25. The predicted octanol–water partition coefficient (Wildman–Crippen LogP) is 13.8. The Morgan fingerprint density at radius 2 is 0.940 bits per heavy atom. The summed E-state index contributed by atoms with van der Waals surface area (Å²) in [5.41, 5.74) is 9.80. The van der Waals surface area contributed by atoms with E-state index in [1.54, 1.807) is 0 Å². The van der Waals surface area contributed by atoms with Crippen LogP contribution in [0, 0.1) is 0 Å². The molecule has 1 heterocycles. The van der Waals surface area contributed by atoms with Gasteiger partial charge in [0.2, 0.25) is 0 Å². The third-order valence-corrected chi connectivity index (χ3v) is 10.0. The monoisotopic (exact) mass is 637 g/mol. The highest BCUT2D eigenvalue weighted by Gasteiger charge is 2.18. The molecular weight excluding hydrogens is 607 g/mol. The Morgan fingerprint density at radius 3 is 1.80 bits per heavy atom. The van der Waals surface area contributed by atoms with Crippen molar-refractivity contribution < 1.29 is 4.42 Å². The van der Waals surface area contributed by atoms with E-state index in [2.05, 4.69) is 193 Å². The summed E-state index contributed by atoms with van der Waals surface area (Å²) in [6, 6.07) is 67.4. The molecule has 0 atom stereocenters. The van der Waals surface area contributed by atoms with Crippen LogP contribution in [-0.2, 0) is 0 Å². The average Bonchev–Trinajstić information content (AvgIpc) is 3.57. The maximum Gasteiger partial charge on any atom is 0.136 e. The molecule has 9 aromatic carbocycles. The third-order valence-electron chi connectivity index (χ3n) is 10.0. The van der Waals surface area contributed by atoms with E-state index in [1.165, 1.54) is 54.6 Å².